The second-order valence-electron chi connectivity index (χ2n) is 7.31. The molecule has 1 aliphatic rings. The van der Waals surface area contributed by atoms with Gasteiger partial charge in [0.25, 0.3) is 0 Å². The van der Waals surface area contributed by atoms with E-state index in [2.05, 4.69) is 38.5 Å². The Hall–Kier alpha value is -2.25. The summed E-state index contributed by atoms with van der Waals surface area (Å²) in [6.45, 7) is 10.2. The normalized spacial score (nSPS) is 16.0. The predicted molar refractivity (Wildman–Crippen MR) is 104 cm³/mol. The standard InChI is InChI=1S/C20H28FN5O/c1-16(2)20-22-6-7-26(20)13-12-24-8-10-25(11-9-24)15-19(27)23-18-5-3-4-17(21)14-18/h3-7,14,16H,8-13,15H2,1-2H3,(H,23,27). The molecule has 27 heavy (non-hydrogen) atoms. The van der Waals surface area contributed by atoms with E-state index < -0.39 is 0 Å². The van der Waals surface area contributed by atoms with Gasteiger partial charge in [-0.2, -0.15) is 0 Å². The molecule has 2 heterocycles. The van der Waals surface area contributed by atoms with Crippen molar-refractivity contribution in [3.05, 3.63) is 48.3 Å². The van der Waals surface area contributed by atoms with Gasteiger partial charge in [0.05, 0.1) is 6.54 Å². The Morgan fingerprint density at radius 2 is 1.93 bits per heavy atom. The fraction of sp³-hybridized carbons (Fsp3) is 0.500. The van der Waals surface area contributed by atoms with Crippen molar-refractivity contribution >= 4 is 11.6 Å². The van der Waals surface area contributed by atoms with Gasteiger partial charge >= 0.3 is 0 Å². The highest BCUT2D eigenvalue weighted by Gasteiger charge is 2.19. The molecule has 1 aliphatic heterocycles. The molecular formula is C20H28FN5O. The summed E-state index contributed by atoms with van der Waals surface area (Å²) >= 11 is 0. The minimum absolute atomic E-state index is 0.103. The van der Waals surface area contributed by atoms with Crippen LogP contribution in [-0.2, 0) is 11.3 Å². The first-order valence-corrected chi connectivity index (χ1v) is 9.52. The first kappa shape index (κ1) is 19.5. The van der Waals surface area contributed by atoms with E-state index in [-0.39, 0.29) is 11.7 Å². The smallest absolute Gasteiger partial charge is 0.238 e. The predicted octanol–water partition coefficient (Wildman–Crippen LogP) is 2.40. The lowest BCUT2D eigenvalue weighted by Gasteiger charge is -2.34. The maximum atomic E-state index is 13.2. The van der Waals surface area contributed by atoms with Gasteiger partial charge in [0, 0.05) is 63.3 Å². The maximum absolute atomic E-state index is 13.2. The number of rotatable bonds is 7. The highest BCUT2D eigenvalue weighted by molar-refractivity contribution is 5.92. The average Bonchev–Trinajstić information content (AvgIpc) is 3.10. The Labute approximate surface area is 160 Å². The van der Waals surface area contributed by atoms with Gasteiger partial charge in [-0.25, -0.2) is 9.37 Å². The molecule has 1 aromatic carbocycles. The lowest BCUT2D eigenvalue weighted by atomic mass is 10.2. The quantitative estimate of drug-likeness (QED) is 0.810. The molecule has 7 heteroatoms. The van der Waals surface area contributed by atoms with Crippen molar-refractivity contribution in [2.24, 2.45) is 0 Å². The molecule has 0 saturated carbocycles. The molecule has 0 unspecified atom stereocenters. The fourth-order valence-corrected chi connectivity index (χ4v) is 3.40. The van der Waals surface area contributed by atoms with E-state index in [4.69, 9.17) is 0 Å². The Morgan fingerprint density at radius 3 is 2.63 bits per heavy atom. The zero-order chi connectivity index (χ0) is 19.2. The Kier molecular flexibility index (Phi) is 6.58. The Bertz CT molecular complexity index is 752. The van der Waals surface area contributed by atoms with Gasteiger partial charge in [-0.05, 0) is 18.2 Å². The lowest BCUT2D eigenvalue weighted by Crippen LogP contribution is -2.49. The van der Waals surface area contributed by atoms with Crippen molar-refractivity contribution in [1.29, 1.82) is 0 Å². The number of benzene rings is 1. The number of nitrogens with zero attached hydrogens (tertiary/aromatic N) is 4. The molecule has 0 radical (unpaired) electrons. The lowest BCUT2D eigenvalue weighted by molar-refractivity contribution is -0.117. The topological polar surface area (TPSA) is 53.4 Å². The van der Waals surface area contributed by atoms with E-state index in [0.717, 1.165) is 45.1 Å². The average molecular weight is 373 g/mol. The molecule has 2 aromatic rings. The summed E-state index contributed by atoms with van der Waals surface area (Å²) in [6.07, 6.45) is 3.91. The van der Waals surface area contributed by atoms with Crippen molar-refractivity contribution in [2.75, 3.05) is 44.6 Å². The van der Waals surface area contributed by atoms with Crippen LogP contribution in [0.5, 0.6) is 0 Å². The molecule has 1 fully saturated rings. The van der Waals surface area contributed by atoms with Crippen molar-refractivity contribution in [3.63, 3.8) is 0 Å². The number of hydrogen-bond donors (Lipinski definition) is 1. The SMILES string of the molecule is CC(C)c1nccn1CCN1CCN(CC(=O)Nc2cccc(F)c2)CC1. The summed E-state index contributed by atoms with van der Waals surface area (Å²) in [5.41, 5.74) is 0.500. The maximum Gasteiger partial charge on any atom is 0.238 e. The van der Waals surface area contributed by atoms with Gasteiger partial charge in [0.1, 0.15) is 11.6 Å². The summed E-state index contributed by atoms with van der Waals surface area (Å²) in [6, 6.07) is 5.98. The van der Waals surface area contributed by atoms with Gasteiger partial charge in [-0.15, -0.1) is 0 Å². The second kappa shape index (κ2) is 9.10. The van der Waals surface area contributed by atoms with Crippen LogP contribution in [0.1, 0.15) is 25.6 Å². The molecule has 0 atom stereocenters. The van der Waals surface area contributed by atoms with Crippen LogP contribution in [-0.4, -0.2) is 64.5 Å². The van der Waals surface area contributed by atoms with E-state index in [1.807, 2.05) is 12.4 Å². The number of carbonyl (C=O) groups is 1. The molecular weight excluding hydrogens is 345 g/mol. The fourth-order valence-electron chi connectivity index (χ4n) is 3.40. The van der Waals surface area contributed by atoms with E-state index >= 15 is 0 Å². The molecule has 1 aromatic heterocycles. The largest absolute Gasteiger partial charge is 0.333 e. The molecule has 1 amide bonds. The van der Waals surface area contributed by atoms with Crippen LogP contribution < -0.4 is 5.32 Å². The molecule has 3 rings (SSSR count). The molecule has 0 spiro atoms. The summed E-state index contributed by atoms with van der Waals surface area (Å²) in [5.74, 6) is 1.10. The van der Waals surface area contributed by atoms with Gasteiger partial charge in [0.2, 0.25) is 5.91 Å². The number of anilines is 1. The number of nitrogens with one attached hydrogen (secondary N) is 1. The summed E-state index contributed by atoms with van der Waals surface area (Å²) < 4.78 is 15.4. The number of aromatic nitrogens is 2. The molecule has 0 bridgehead atoms. The molecule has 1 saturated heterocycles. The number of hydrogen-bond acceptors (Lipinski definition) is 4. The van der Waals surface area contributed by atoms with Crippen LogP contribution in [0.4, 0.5) is 10.1 Å². The first-order chi connectivity index (χ1) is 13.0. The van der Waals surface area contributed by atoms with Gasteiger partial charge in [-0.3, -0.25) is 14.6 Å². The van der Waals surface area contributed by atoms with Gasteiger partial charge < -0.3 is 9.88 Å². The Balaban J connectivity index is 1.39. The van der Waals surface area contributed by atoms with Crippen LogP contribution in [0, 0.1) is 5.82 Å². The monoisotopic (exact) mass is 373 g/mol. The zero-order valence-electron chi connectivity index (χ0n) is 16.1. The first-order valence-electron chi connectivity index (χ1n) is 9.52. The van der Waals surface area contributed by atoms with Crippen LogP contribution in [0.3, 0.4) is 0 Å². The highest BCUT2D eigenvalue weighted by Crippen LogP contribution is 2.12. The molecule has 0 aliphatic carbocycles. The third-order valence-electron chi connectivity index (χ3n) is 4.86. The molecule has 6 nitrogen and oxygen atoms in total. The van der Waals surface area contributed by atoms with Crippen LogP contribution >= 0.6 is 0 Å². The third-order valence-corrected chi connectivity index (χ3v) is 4.86. The van der Waals surface area contributed by atoms with E-state index in [9.17, 15) is 9.18 Å². The summed E-state index contributed by atoms with van der Waals surface area (Å²) in [5, 5.41) is 2.76. The highest BCUT2D eigenvalue weighted by atomic mass is 19.1. The third kappa shape index (κ3) is 5.61. The van der Waals surface area contributed by atoms with Crippen molar-refractivity contribution < 1.29 is 9.18 Å². The van der Waals surface area contributed by atoms with Crippen molar-refractivity contribution in [3.8, 4) is 0 Å². The van der Waals surface area contributed by atoms with Crippen LogP contribution in [0.2, 0.25) is 0 Å². The van der Waals surface area contributed by atoms with Gasteiger partial charge in [0.15, 0.2) is 0 Å². The minimum Gasteiger partial charge on any atom is -0.333 e. The van der Waals surface area contributed by atoms with Crippen LogP contribution in [0.25, 0.3) is 0 Å². The summed E-state index contributed by atoms with van der Waals surface area (Å²) in [7, 11) is 0. The van der Waals surface area contributed by atoms with Crippen molar-refractivity contribution in [2.45, 2.75) is 26.3 Å². The van der Waals surface area contributed by atoms with Crippen LogP contribution in [0.15, 0.2) is 36.7 Å². The zero-order valence-corrected chi connectivity index (χ0v) is 16.1. The van der Waals surface area contributed by atoms with E-state index in [0.29, 0.717) is 18.2 Å². The second-order valence-corrected chi connectivity index (χ2v) is 7.31. The molecule has 146 valence electrons. The van der Waals surface area contributed by atoms with Gasteiger partial charge in [-0.1, -0.05) is 19.9 Å². The summed E-state index contributed by atoms with van der Waals surface area (Å²) in [4.78, 5) is 21.2. The number of imidazole rings is 1. The minimum atomic E-state index is -0.347. The molecule has 1 N–H and O–H groups in total. The van der Waals surface area contributed by atoms with E-state index in [1.54, 1.807) is 12.1 Å². The van der Waals surface area contributed by atoms with E-state index in [1.165, 1.54) is 12.1 Å². The number of amides is 1. The number of halogens is 1. The Morgan fingerprint density at radius 1 is 1.19 bits per heavy atom. The van der Waals surface area contributed by atoms with Crippen molar-refractivity contribution in [1.82, 2.24) is 19.4 Å². The number of piperazine rings is 1. The number of carbonyl (C=O) groups excluding carboxylic acids is 1.